The van der Waals surface area contributed by atoms with Crippen molar-refractivity contribution in [2.45, 2.75) is 25.2 Å². The van der Waals surface area contributed by atoms with E-state index in [9.17, 15) is 9.59 Å². The number of hydrogen-bond donors (Lipinski definition) is 2. The molecule has 2 aromatic carbocycles. The van der Waals surface area contributed by atoms with E-state index in [-0.39, 0.29) is 6.61 Å². The molecule has 0 saturated heterocycles. The lowest BCUT2D eigenvalue weighted by Gasteiger charge is -2.34. The molecule has 0 radical (unpaired) electrons. The van der Waals surface area contributed by atoms with Gasteiger partial charge in [0.1, 0.15) is 0 Å². The van der Waals surface area contributed by atoms with E-state index in [1.54, 1.807) is 0 Å². The lowest BCUT2D eigenvalue weighted by molar-refractivity contribution is 0.147. The Labute approximate surface area is 160 Å². The van der Waals surface area contributed by atoms with Crippen LogP contribution in [0.4, 0.5) is 9.59 Å². The van der Waals surface area contributed by atoms with Crippen LogP contribution in [0.5, 0.6) is 0 Å². The first-order valence-electron chi connectivity index (χ1n) is 9.06. The number of rotatable bonds is 8. The third-order valence-corrected chi connectivity index (χ3v) is 4.35. The molecule has 2 rings (SSSR count). The molecule has 0 aliphatic heterocycles. The Morgan fingerprint density at radius 1 is 1.04 bits per heavy atom. The number of carbonyl (C=O) groups is 2. The highest BCUT2D eigenvalue weighted by Gasteiger charge is 2.33. The Morgan fingerprint density at radius 2 is 1.59 bits per heavy atom. The highest BCUT2D eigenvalue weighted by molar-refractivity contribution is 5.90. The molecule has 0 spiro atoms. The molecule has 0 heterocycles. The van der Waals surface area contributed by atoms with Gasteiger partial charge in [0.2, 0.25) is 0 Å². The number of hydrogen-bond acceptors (Lipinski definition) is 3. The minimum Gasteiger partial charge on any atom is -0.449 e. The van der Waals surface area contributed by atoms with Gasteiger partial charge in [-0.15, -0.1) is 6.58 Å². The van der Waals surface area contributed by atoms with E-state index in [2.05, 4.69) is 17.2 Å². The number of imide groups is 1. The first kappa shape index (κ1) is 20.2. The molecule has 0 fully saturated rings. The number of benzene rings is 2. The summed E-state index contributed by atoms with van der Waals surface area (Å²) in [5.41, 5.74) is 1.63. The molecular weight excluding hydrogens is 340 g/mol. The highest BCUT2D eigenvalue weighted by atomic mass is 16.5. The zero-order valence-electron chi connectivity index (χ0n) is 15.6. The van der Waals surface area contributed by atoms with Crippen LogP contribution in [0, 0.1) is 0 Å². The largest absolute Gasteiger partial charge is 0.449 e. The van der Waals surface area contributed by atoms with Crippen LogP contribution >= 0.6 is 0 Å². The molecule has 2 N–H and O–H groups in total. The van der Waals surface area contributed by atoms with Crippen molar-refractivity contribution in [3.8, 4) is 0 Å². The van der Waals surface area contributed by atoms with Gasteiger partial charge in [0.05, 0.1) is 6.61 Å². The third kappa shape index (κ3) is 5.45. The molecule has 0 saturated carbocycles. The summed E-state index contributed by atoms with van der Waals surface area (Å²) in [5, 5.41) is 5.01. The first-order valence-corrected chi connectivity index (χ1v) is 9.06. The quantitative estimate of drug-likeness (QED) is 0.681. The molecule has 142 valence electrons. The predicted molar refractivity (Wildman–Crippen MR) is 107 cm³/mol. The van der Waals surface area contributed by atoms with Crippen LogP contribution in [-0.4, -0.2) is 25.3 Å². The van der Waals surface area contributed by atoms with E-state index in [1.165, 1.54) is 0 Å². The van der Waals surface area contributed by atoms with Gasteiger partial charge in [0.25, 0.3) is 0 Å². The number of alkyl carbamates (subject to hydrolysis) is 1. The van der Waals surface area contributed by atoms with Crippen LogP contribution in [-0.2, 0) is 10.2 Å². The summed E-state index contributed by atoms with van der Waals surface area (Å²) < 4.78 is 4.88. The van der Waals surface area contributed by atoms with E-state index < -0.39 is 17.5 Å². The van der Waals surface area contributed by atoms with E-state index in [1.807, 2.05) is 73.7 Å². The Kier molecular flexibility index (Phi) is 7.62. The molecule has 0 unspecified atom stereocenters. The molecular formula is C22H26N2O3. The maximum absolute atomic E-state index is 12.2. The smallest absolute Gasteiger partial charge is 0.415 e. The fraction of sp³-hybridized carbons (Fsp3) is 0.273. The normalized spacial score (nSPS) is 10.7. The molecule has 27 heavy (non-hydrogen) atoms. The van der Waals surface area contributed by atoms with Crippen molar-refractivity contribution in [2.75, 3.05) is 13.2 Å². The molecule has 5 heteroatoms. The van der Waals surface area contributed by atoms with Crippen LogP contribution in [0.2, 0.25) is 0 Å². The van der Waals surface area contributed by atoms with Gasteiger partial charge in [-0.25, -0.2) is 14.9 Å². The highest BCUT2D eigenvalue weighted by Crippen LogP contribution is 2.35. The Morgan fingerprint density at radius 3 is 2.07 bits per heavy atom. The summed E-state index contributed by atoms with van der Waals surface area (Å²) in [5.74, 6) is 0. The van der Waals surface area contributed by atoms with Crippen molar-refractivity contribution in [1.29, 1.82) is 0 Å². The van der Waals surface area contributed by atoms with Crippen molar-refractivity contribution >= 4 is 12.1 Å². The summed E-state index contributed by atoms with van der Waals surface area (Å²) >= 11 is 0. The molecule has 3 amide bonds. The van der Waals surface area contributed by atoms with Crippen LogP contribution in [0.1, 0.15) is 30.9 Å². The monoisotopic (exact) mass is 366 g/mol. The van der Waals surface area contributed by atoms with E-state index >= 15 is 0 Å². The minimum absolute atomic E-state index is 0.271. The van der Waals surface area contributed by atoms with Crippen molar-refractivity contribution in [3.05, 3.63) is 84.4 Å². The molecule has 2 aromatic rings. The molecule has 0 bridgehead atoms. The number of amides is 3. The zero-order valence-corrected chi connectivity index (χ0v) is 15.6. The van der Waals surface area contributed by atoms with E-state index in [0.29, 0.717) is 19.4 Å². The fourth-order valence-corrected chi connectivity index (χ4v) is 3.04. The zero-order chi connectivity index (χ0) is 19.5. The topological polar surface area (TPSA) is 67.4 Å². The fourth-order valence-electron chi connectivity index (χ4n) is 3.04. The van der Waals surface area contributed by atoms with Gasteiger partial charge in [-0.3, -0.25) is 0 Å². The Bertz CT molecular complexity index is 705. The number of nitrogens with one attached hydrogen (secondary N) is 2. The predicted octanol–water partition coefficient (Wildman–Crippen LogP) is 4.39. The summed E-state index contributed by atoms with van der Waals surface area (Å²) in [6, 6.07) is 19.3. The lowest BCUT2D eigenvalue weighted by Crippen LogP contribution is -2.47. The van der Waals surface area contributed by atoms with E-state index in [4.69, 9.17) is 4.74 Å². The average molecular weight is 366 g/mol. The summed E-state index contributed by atoms with van der Waals surface area (Å²) in [7, 11) is 0. The van der Waals surface area contributed by atoms with Crippen molar-refractivity contribution in [2.24, 2.45) is 0 Å². The van der Waals surface area contributed by atoms with Crippen LogP contribution < -0.4 is 10.6 Å². The van der Waals surface area contributed by atoms with Crippen LogP contribution in [0.3, 0.4) is 0 Å². The second kappa shape index (κ2) is 10.2. The Hall–Kier alpha value is -3.08. The van der Waals surface area contributed by atoms with Crippen molar-refractivity contribution < 1.29 is 14.3 Å². The van der Waals surface area contributed by atoms with E-state index in [0.717, 1.165) is 11.1 Å². The molecule has 0 atom stereocenters. The second-order valence-electron chi connectivity index (χ2n) is 6.25. The average Bonchev–Trinajstić information content (AvgIpc) is 2.71. The van der Waals surface area contributed by atoms with Crippen molar-refractivity contribution in [1.82, 2.24) is 10.6 Å². The summed E-state index contributed by atoms with van der Waals surface area (Å²) in [4.78, 5) is 23.8. The number of allylic oxidation sites excluding steroid dienone is 1. The number of carbonyl (C=O) groups excluding carboxylic acids is 2. The maximum Gasteiger partial charge on any atom is 0.415 e. The first-order chi connectivity index (χ1) is 13.1. The van der Waals surface area contributed by atoms with Gasteiger partial charge >= 0.3 is 12.1 Å². The Balaban J connectivity index is 2.24. The van der Waals surface area contributed by atoms with Gasteiger partial charge in [-0.1, -0.05) is 73.7 Å². The molecule has 0 aliphatic carbocycles. The van der Waals surface area contributed by atoms with Crippen molar-refractivity contribution in [3.63, 3.8) is 0 Å². The maximum atomic E-state index is 12.2. The van der Waals surface area contributed by atoms with Gasteiger partial charge in [-0.2, -0.15) is 0 Å². The van der Waals surface area contributed by atoms with Crippen LogP contribution in [0.15, 0.2) is 73.3 Å². The van der Waals surface area contributed by atoms with Crippen LogP contribution in [0.25, 0.3) is 0 Å². The lowest BCUT2D eigenvalue weighted by atomic mass is 9.72. The third-order valence-electron chi connectivity index (χ3n) is 4.35. The number of urea groups is 1. The summed E-state index contributed by atoms with van der Waals surface area (Å²) in [6.07, 6.45) is 2.42. The SMILES string of the molecule is C=CCC(CNC(=O)NC(=O)OCCC)(c1ccccc1)c1ccccc1. The molecule has 5 nitrogen and oxygen atoms in total. The van der Waals surface area contributed by atoms with Gasteiger partial charge in [0, 0.05) is 12.0 Å². The van der Waals surface area contributed by atoms with Gasteiger partial charge < -0.3 is 10.1 Å². The minimum atomic E-state index is -0.747. The molecule has 0 aliphatic rings. The van der Waals surface area contributed by atoms with Gasteiger partial charge in [0.15, 0.2) is 0 Å². The standard InChI is InChI=1S/C22H26N2O3/c1-3-15-22(18-11-7-5-8-12-18,19-13-9-6-10-14-19)17-23-20(25)24-21(26)27-16-4-2/h3,5-14H,1,4,15-17H2,2H3,(H2,23,24,25,26). The summed E-state index contributed by atoms with van der Waals surface area (Å²) in [6.45, 7) is 6.37. The molecule has 0 aromatic heterocycles. The van der Waals surface area contributed by atoms with Gasteiger partial charge in [-0.05, 0) is 24.0 Å². The number of ether oxygens (including phenoxy) is 1. The second-order valence-corrected chi connectivity index (χ2v) is 6.25.